The van der Waals surface area contributed by atoms with Crippen LogP contribution in [0.2, 0.25) is 0 Å². The highest BCUT2D eigenvalue weighted by Crippen LogP contribution is 2.65. The van der Waals surface area contributed by atoms with Crippen molar-refractivity contribution in [1.82, 2.24) is 0 Å². The van der Waals surface area contributed by atoms with E-state index in [0.717, 1.165) is 35.5 Å². The zero-order chi connectivity index (χ0) is 12.4. The first-order chi connectivity index (χ1) is 9.40. The highest BCUT2D eigenvalue weighted by molar-refractivity contribution is 5.21. The Morgan fingerprint density at radius 1 is 0.789 bits per heavy atom. The molecule has 0 radical (unpaired) electrons. The molecule has 0 aliphatic heterocycles. The van der Waals surface area contributed by atoms with Gasteiger partial charge in [-0.1, -0.05) is 31.4 Å². The molecule has 4 fully saturated rings. The monoisotopic (exact) mass is 258 g/mol. The molecule has 7 atom stereocenters. The Morgan fingerprint density at radius 3 is 2.42 bits per heavy atom. The number of fused-ring (bicyclic) bond motifs is 9. The van der Waals surface area contributed by atoms with Crippen LogP contribution in [0, 0.1) is 35.5 Å². The van der Waals surface area contributed by atoms with E-state index in [1.165, 1.54) is 51.4 Å². The van der Waals surface area contributed by atoms with Gasteiger partial charge in [-0.3, -0.25) is 0 Å². The smallest absolute Gasteiger partial charge is 0.0612 e. The molecule has 19 heavy (non-hydrogen) atoms. The van der Waals surface area contributed by atoms with Gasteiger partial charge in [-0.05, 0) is 67.6 Å². The molecule has 0 amide bonds. The van der Waals surface area contributed by atoms with Crippen molar-refractivity contribution in [2.45, 2.75) is 63.6 Å². The molecule has 7 unspecified atom stereocenters. The third-order valence-corrected chi connectivity index (χ3v) is 7.13. The minimum absolute atomic E-state index is 0.616. The van der Waals surface area contributed by atoms with Crippen molar-refractivity contribution in [3.63, 3.8) is 0 Å². The Balaban J connectivity index is 1.32. The minimum Gasteiger partial charge on any atom is -0.375 e. The lowest BCUT2D eigenvalue weighted by molar-refractivity contribution is -0.0746. The maximum Gasteiger partial charge on any atom is 0.0612 e. The zero-order valence-electron chi connectivity index (χ0n) is 11.8. The molecule has 0 saturated heterocycles. The molecule has 0 aromatic rings. The lowest BCUT2D eigenvalue weighted by Gasteiger charge is -2.38. The van der Waals surface area contributed by atoms with E-state index in [2.05, 4.69) is 12.2 Å². The predicted molar refractivity (Wildman–Crippen MR) is 75.7 cm³/mol. The van der Waals surface area contributed by atoms with Crippen LogP contribution in [-0.2, 0) is 4.74 Å². The van der Waals surface area contributed by atoms with Crippen LogP contribution < -0.4 is 0 Å². The number of rotatable bonds is 2. The first-order valence-corrected chi connectivity index (χ1v) is 8.74. The average Bonchev–Trinajstić information content (AvgIpc) is 3.18. The zero-order valence-corrected chi connectivity index (χ0v) is 11.8. The summed E-state index contributed by atoms with van der Waals surface area (Å²) in [5.74, 6) is 5.91. The first-order valence-electron chi connectivity index (χ1n) is 8.74. The highest BCUT2D eigenvalue weighted by Gasteiger charge is 2.61. The predicted octanol–water partition coefficient (Wildman–Crippen LogP) is 4.18. The van der Waals surface area contributed by atoms with E-state index < -0.39 is 0 Å². The van der Waals surface area contributed by atoms with Crippen LogP contribution in [0.15, 0.2) is 12.2 Å². The van der Waals surface area contributed by atoms with E-state index in [1.54, 1.807) is 0 Å². The lowest BCUT2D eigenvalue weighted by atomic mass is 9.72. The highest BCUT2D eigenvalue weighted by atomic mass is 16.5. The van der Waals surface area contributed by atoms with E-state index in [0.29, 0.717) is 12.2 Å². The van der Waals surface area contributed by atoms with Crippen LogP contribution in [0.3, 0.4) is 0 Å². The van der Waals surface area contributed by atoms with E-state index >= 15 is 0 Å². The van der Waals surface area contributed by atoms with Crippen molar-refractivity contribution in [3.8, 4) is 0 Å². The van der Waals surface area contributed by atoms with Crippen molar-refractivity contribution in [2.24, 2.45) is 35.5 Å². The van der Waals surface area contributed by atoms with Crippen molar-refractivity contribution in [1.29, 1.82) is 0 Å². The van der Waals surface area contributed by atoms with Crippen LogP contribution in [0.1, 0.15) is 51.4 Å². The van der Waals surface area contributed by atoms with Gasteiger partial charge < -0.3 is 4.74 Å². The van der Waals surface area contributed by atoms with Crippen LogP contribution >= 0.6 is 0 Å². The van der Waals surface area contributed by atoms with Gasteiger partial charge in [0.1, 0.15) is 0 Å². The van der Waals surface area contributed by atoms with Gasteiger partial charge >= 0.3 is 0 Å². The molecule has 1 heteroatoms. The summed E-state index contributed by atoms with van der Waals surface area (Å²) in [6.07, 6.45) is 17.7. The molecular formula is C18H26O. The number of hydrogen-bond acceptors (Lipinski definition) is 1. The molecule has 5 aliphatic carbocycles. The van der Waals surface area contributed by atoms with Gasteiger partial charge in [-0.2, -0.15) is 0 Å². The van der Waals surface area contributed by atoms with Crippen LogP contribution in [0.25, 0.3) is 0 Å². The fraction of sp³-hybridized carbons (Fsp3) is 0.889. The van der Waals surface area contributed by atoms with Crippen molar-refractivity contribution in [3.05, 3.63) is 12.2 Å². The Hall–Kier alpha value is -0.300. The summed E-state index contributed by atoms with van der Waals surface area (Å²) in [4.78, 5) is 0. The van der Waals surface area contributed by atoms with Gasteiger partial charge in [0.05, 0.1) is 12.2 Å². The fourth-order valence-electron chi connectivity index (χ4n) is 6.56. The molecule has 0 N–H and O–H groups in total. The molecule has 0 spiro atoms. The lowest BCUT2D eigenvalue weighted by Crippen LogP contribution is -2.37. The molecule has 0 aromatic heterocycles. The summed E-state index contributed by atoms with van der Waals surface area (Å²) in [6, 6.07) is 0. The SMILES string of the molecule is C1=CC2CC1C1C3CC(OC4CCCCC4)C(C3)C21. The summed E-state index contributed by atoms with van der Waals surface area (Å²) in [6.45, 7) is 0. The topological polar surface area (TPSA) is 9.23 Å². The molecule has 4 saturated carbocycles. The molecule has 5 aliphatic rings. The minimum atomic E-state index is 0.616. The quantitative estimate of drug-likeness (QED) is 0.533. The van der Waals surface area contributed by atoms with Crippen LogP contribution in [0.4, 0.5) is 0 Å². The number of ether oxygens (including phenoxy) is 1. The Morgan fingerprint density at radius 2 is 1.58 bits per heavy atom. The summed E-state index contributed by atoms with van der Waals surface area (Å²) in [7, 11) is 0. The second kappa shape index (κ2) is 4.10. The number of hydrogen-bond donors (Lipinski definition) is 0. The number of allylic oxidation sites excluding steroid dienone is 2. The molecule has 104 valence electrons. The van der Waals surface area contributed by atoms with Gasteiger partial charge in [0.2, 0.25) is 0 Å². The molecular weight excluding hydrogens is 232 g/mol. The van der Waals surface area contributed by atoms with Crippen molar-refractivity contribution < 1.29 is 4.74 Å². The third-order valence-electron chi connectivity index (χ3n) is 7.13. The second-order valence-corrected chi connectivity index (χ2v) is 7.93. The largest absolute Gasteiger partial charge is 0.375 e. The molecule has 4 bridgehead atoms. The van der Waals surface area contributed by atoms with Gasteiger partial charge in [0.15, 0.2) is 0 Å². The van der Waals surface area contributed by atoms with E-state index in [1.807, 2.05) is 0 Å². The maximum atomic E-state index is 6.58. The molecule has 1 nitrogen and oxygen atoms in total. The average molecular weight is 258 g/mol. The summed E-state index contributed by atoms with van der Waals surface area (Å²) in [5, 5.41) is 0. The second-order valence-electron chi connectivity index (χ2n) is 7.93. The summed E-state index contributed by atoms with van der Waals surface area (Å²) in [5.41, 5.74) is 0. The molecule has 0 aromatic carbocycles. The van der Waals surface area contributed by atoms with Crippen LogP contribution in [0.5, 0.6) is 0 Å². The van der Waals surface area contributed by atoms with Gasteiger partial charge in [0.25, 0.3) is 0 Å². The first kappa shape index (κ1) is 11.4. The van der Waals surface area contributed by atoms with Crippen molar-refractivity contribution >= 4 is 0 Å². The van der Waals surface area contributed by atoms with Crippen LogP contribution in [-0.4, -0.2) is 12.2 Å². The van der Waals surface area contributed by atoms with E-state index in [-0.39, 0.29) is 0 Å². The third kappa shape index (κ3) is 1.57. The Bertz CT molecular complexity index is 394. The van der Waals surface area contributed by atoms with E-state index in [4.69, 9.17) is 4.74 Å². The standard InChI is InChI=1S/C18H26O/c1-2-4-14(5-3-1)19-16-10-13-9-15(16)18-12-7-6-11(8-12)17(13)18/h6-7,11-18H,1-5,8-10H2. The van der Waals surface area contributed by atoms with Gasteiger partial charge in [-0.15, -0.1) is 0 Å². The van der Waals surface area contributed by atoms with E-state index in [9.17, 15) is 0 Å². The Labute approximate surface area is 116 Å². The van der Waals surface area contributed by atoms with Gasteiger partial charge in [-0.25, -0.2) is 0 Å². The fourth-order valence-corrected chi connectivity index (χ4v) is 6.56. The molecule has 5 rings (SSSR count). The van der Waals surface area contributed by atoms with Crippen molar-refractivity contribution in [2.75, 3.05) is 0 Å². The maximum absolute atomic E-state index is 6.58. The van der Waals surface area contributed by atoms with Gasteiger partial charge in [0, 0.05) is 0 Å². The normalized spacial score (nSPS) is 55.1. The summed E-state index contributed by atoms with van der Waals surface area (Å²) >= 11 is 0. The summed E-state index contributed by atoms with van der Waals surface area (Å²) < 4.78 is 6.58. The Kier molecular flexibility index (Phi) is 2.45. The molecule has 0 heterocycles.